The predicted octanol–water partition coefficient (Wildman–Crippen LogP) is 5.16. The SMILES string of the molecule is O=C1C(N2[C@H](COCc3ccccc3)CC[C@H]2COCc2ccccc2)=CC2C3C=CC(C3)C12. The Morgan fingerprint density at radius 3 is 1.88 bits per heavy atom. The van der Waals surface area contributed by atoms with E-state index < -0.39 is 0 Å². The number of fused-ring (bicyclic) bond motifs is 5. The molecule has 0 amide bonds. The number of allylic oxidation sites excluding steroid dienone is 4. The highest BCUT2D eigenvalue weighted by atomic mass is 16.5. The minimum absolute atomic E-state index is 0.155. The van der Waals surface area contributed by atoms with Gasteiger partial charge in [-0.3, -0.25) is 4.79 Å². The van der Waals surface area contributed by atoms with Crippen LogP contribution in [0.15, 0.2) is 84.6 Å². The van der Waals surface area contributed by atoms with E-state index >= 15 is 0 Å². The zero-order chi connectivity index (χ0) is 22.9. The molecule has 34 heavy (non-hydrogen) atoms. The number of Topliss-reactive ketones (excluding diaryl/α,β-unsaturated/α-hetero) is 1. The molecule has 2 fully saturated rings. The molecule has 6 rings (SSSR count). The average molecular weight is 456 g/mol. The van der Waals surface area contributed by atoms with Crippen molar-refractivity contribution in [3.63, 3.8) is 0 Å². The highest BCUT2D eigenvalue weighted by molar-refractivity contribution is 6.00. The second-order valence-corrected chi connectivity index (χ2v) is 10.3. The van der Waals surface area contributed by atoms with Gasteiger partial charge in [-0.05, 0) is 48.1 Å². The summed E-state index contributed by atoms with van der Waals surface area (Å²) in [6.45, 7) is 2.48. The molecule has 6 atom stereocenters. The zero-order valence-electron chi connectivity index (χ0n) is 19.6. The summed E-state index contributed by atoms with van der Waals surface area (Å²) in [4.78, 5) is 16.0. The van der Waals surface area contributed by atoms with Crippen molar-refractivity contribution in [3.8, 4) is 0 Å². The molecule has 2 bridgehead atoms. The van der Waals surface area contributed by atoms with E-state index in [1.165, 1.54) is 11.1 Å². The number of carbonyl (C=O) groups excluding carboxylic acids is 1. The summed E-state index contributed by atoms with van der Waals surface area (Å²) in [7, 11) is 0. The van der Waals surface area contributed by atoms with Crippen molar-refractivity contribution in [2.45, 2.75) is 44.6 Å². The lowest BCUT2D eigenvalue weighted by Crippen LogP contribution is -2.42. The summed E-state index contributed by atoms with van der Waals surface area (Å²) < 4.78 is 12.3. The van der Waals surface area contributed by atoms with E-state index in [1.54, 1.807) is 0 Å². The van der Waals surface area contributed by atoms with Crippen molar-refractivity contribution in [2.75, 3.05) is 13.2 Å². The second-order valence-electron chi connectivity index (χ2n) is 10.3. The molecule has 0 spiro atoms. The van der Waals surface area contributed by atoms with Crippen molar-refractivity contribution >= 4 is 5.78 Å². The summed E-state index contributed by atoms with van der Waals surface area (Å²) >= 11 is 0. The minimum Gasteiger partial charge on any atom is -0.375 e. The Morgan fingerprint density at radius 1 is 0.765 bits per heavy atom. The fraction of sp³-hybridized carbons (Fsp3) is 0.433. The molecule has 4 nitrogen and oxygen atoms in total. The van der Waals surface area contributed by atoms with Gasteiger partial charge >= 0.3 is 0 Å². The molecule has 3 aliphatic carbocycles. The van der Waals surface area contributed by atoms with Crippen molar-refractivity contribution in [2.24, 2.45) is 23.7 Å². The standard InChI is InChI=1S/C30H33NO3/c32-30-28(16-27-23-11-12-24(15-23)29(27)30)31-25(19-33-17-21-7-3-1-4-8-21)13-14-26(31)20-34-18-22-9-5-2-6-10-22/h1-12,16,23-27,29H,13-15,17-20H2/t23?,24?,25-,26-,27?,29?/m0/s1. The number of rotatable bonds is 9. The third kappa shape index (κ3) is 4.14. The molecular formula is C30H33NO3. The summed E-state index contributed by atoms with van der Waals surface area (Å²) in [5, 5.41) is 0. The van der Waals surface area contributed by atoms with Gasteiger partial charge in [-0.25, -0.2) is 0 Å². The lowest BCUT2D eigenvalue weighted by molar-refractivity contribution is -0.121. The van der Waals surface area contributed by atoms with E-state index in [2.05, 4.69) is 47.4 Å². The van der Waals surface area contributed by atoms with Gasteiger partial charge in [-0.15, -0.1) is 0 Å². The van der Waals surface area contributed by atoms with Gasteiger partial charge in [0.25, 0.3) is 0 Å². The van der Waals surface area contributed by atoms with Crippen LogP contribution in [-0.2, 0) is 27.5 Å². The molecule has 1 saturated heterocycles. The number of nitrogens with zero attached hydrogens (tertiary/aromatic N) is 1. The molecule has 4 heteroatoms. The Bertz CT molecular complexity index is 1010. The van der Waals surface area contributed by atoms with Crippen LogP contribution in [0, 0.1) is 23.7 Å². The first kappa shape index (κ1) is 21.8. The first-order chi connectivity index (χ1) is 16.8. The second kappa shape index (κ2) is 9.52. The van der Waals surface area contributed by atoms with Crippen LogP contribution in [0.5, 0.6) is 0 Å². The third-order valence-electron chi connectivity index (χ3n) is 8.17. The lowest BCUT2D eigenvalue weighted by atomic mass is 9.85. The van der Waals surface area contributed by atoms with Crippen molar-refractivity contribution < 1.29 is 14.3 Å². The normalized spacial score (nSPS) is 31.4. The van der Waals surface area contributed by atoms with E-state index in [1.807, 2.05) is 36.4 Å². The molecule has 176 valence electrons. The largest absolute Gasteiger partial charge is 0.375 e. The van der Waals surface area contributed by atoms with E-state index in [9.17, 15) is 4.79 Å². The maximum Gasteiger partial charge on any atom is 0.182 e. The van der Waals surface area contributed by atoms with Gasteiger partial charge in [0.2, 0.25) is 0 Å². The number of benzene rings is 2. The van der Waals surface area contributed by atoms with Gasteiger partial charge in [0.1, 0.15) is 0 Å². The van der Waals surface area contributed by atoms with Crippen LogP contribution >= 0.6 is 0 Å². The summed E-state index contributed by atoms with van der Waals surface area (Å²) in [6, 6.07) is 21.1. The molecule has 2 aromatic rings. The van der Waals surface area contributed by atoms with Gasteiger partial charge in [0, 0.05) is 5.92 Å². The van der Waals surface area contributed by atoms with Gasteiger partial charge in [-0.1, -0.05) is 78.9 Å². The third-order valence-corrected chi connectivity index (χ3v) is 8.17. The van der Waals surface area contributed by atoms with Crippen molar-refractivity contribution in [1.82, 2.24) is 4.90 Å². The van der Waals surface area contributed by atoms with Crippen LogP contribution in [-0.4, -0.2) is 36.0 Å². The quantitative estimate of drug-likeness (QED) is 0.490. The van der Waals surface area contributed by atoms with E-state index in [0.29, 0.717) is 50.0 Å². The Hall–Kier alpha value is -2.69. The molecule has 2 aromatic carbocycles. The maximum absolute atomic E-state index is 13.6. The fourth-order valence-electron chi connectivity index (χ4n) is 6.56. The molecular weight excluding hydrogens is 422 g/mol. The fourth-order valence-corrected chi connectivity index (χ4v) is 6.56. The number of ketones is 1. The van der Waals surface area contributed by atoms with Crippen molar-refractivity contribution in [1.29, 1.82) is 0 Å². The number of likely N-dealkylation sites (tertiary alicyclic amines) is 1. The molecule has 1 heterocycles. The Kier molecular flexibility index (Phi) is 6.11. The molecule has 0 radical (unpaired) electrons. The summed E-state index contributed by atoms with van der Waals surface area (Å²) in [5.74, 6) is 1.86. The van der Waals surface area contributed by atoms with Crippen LogP contribution in [0.25, 0.3) is 0 Å². The van der Waals surface area contributed by atoms with Gasteiger partial charge in [0.15, 0.2) is 5.78 Å². The van der Waals surface area contributed by atoms with E-state index in [-0.39, 0.29) is 18.0 Å². The van der Waals surface area contributed by atoms with E-state index in [4.69, 9.17) is 9.47 Å². The Balaban J connectivity index is 1.16. The molecule has 0 aromatic heterocycles. The van der Waals surface area contributed by atoms with Crippen LogP contribution in [0.4, 0.5) is 0 Å². The first-order valence-electron chi connectivity index (χ1n) is 12.7. The number of hydrogen-bond acceptors (Lipinski definition) is 4. The highest BCUT2D eigenvalue weighted by Gasteiger charge is 2.53. The average Bonchev–Trinajstić information content (AvgIpc) is 3.64. The Labute approximate surface area is 202 Å². The molecule has 0 N–H and O–H groups in total. The first-order valence-corrected chi connectivity index (χ1v) is 12.7. The van der Waals surface area contributed by atoms with Crippen LogP contribution in [0.1, 0.15) is 30.4 Å². The molecule has 4 unspecified atom stereocenters. The van der Waals surface area contributed by atoms with Gasteiger partial charge in [0.05, 0.1) is 44.2 Å². The molecule has 1 aliphatic heterocycles. The number of carbonyl (C=O) groups is 1. The van der Waals surface area contributed by atoms with Crippen LogP contribution < -0.4 is 0 Å². The number of ether oxygens (including phenoxy) is 2. The van der Waals surface area contributed by atoms with Crippen LogP contribution in [0.2, 0.25) is 0 Å². The lowest BCUT2D eigenvalue weighted by Gasteiger charge is -2.33. The maximum atomic E-state index is 13.6. The highest BCUT2D eigenvalue weighted by Crippen LogP contribution is 2.54. The minimum atomic E-state index is 0.155. The topological polar surface area (TPSA) is 38.8 Å². The monoisotopic (exact) mass is 455 g/mol. The molecule has 4 aliphatic rings. The zero-order valence-corrected chi connectivity index (χ0v) is 19.6. The van der Waals surface area contributed by atoms with Crippen molar-refractivity contribution in [3.05, 3.63) is 95.7 Å². The summed E-state index contributed by atoms with van der Waals surface area (Å²) in [5.41, 5.74) is 3.30. The van der Waals surface area contributed by atoms with Crippen LogP contribution in [0.3, 0.4) is 0 Å². The predicted molar refractivity (Wildman–Crippen MR) is 132 cm³/mol. The summed E-state index contributed by atoms with van der Waals surface area (Å²) in [6.07, 6.45) is 10.1. The van der Waals surface area contributed by atoms with Gasteiger partial charge < -0.3 is 14.4 Å². The Morgan fingerprint density at radius 2 is 1.32 bits per heavy atom. The molecule has 1 saturated carbocycles. The van der Waals surface area contributed by atoms with Gasteiger partial charge in [-0.2, -0.15) is 0 Å². The smallest absolute Gasteiger partial charge is 0.182 e. The van der Waals surface area contributed by atoms with E-state index in [0.717, 1.165) is 25.0 Å². The number of hydrogen-bond donors (Lipinski definition) is 0.